The number of alkyl halides is 2. The fraction of sp³-hybridized carbons (Fsp3) is 0.571. The van der Waals surface area contributed by atoms with Crippen LogP contribution in [-0.4, -0.2) is 61.3 Å². The lowest BCUT2D eigenvalue weighted by Crippen LogP contribution is -2.52. The third-order valence-corrected chi connectivity index (χ3v) is 7.47. The van der Waals surface area contributed by atoms with Crippen LogP contribution < -0.4 is 4.90 Å². The summed E-state index contributed by atoms with van der Waals surface area (Å²) in [5.41, 5.74) is -0.297. The smallest absolute Gasteiger partial charge is 0.316 e. The molecule has 0 spiro atoms. The molecule has 1 aromatic heterocycles. The molecule has 2 aliphatic rings. The fourth-order valence-corrected chi connectivity index (χ4v) is 5.22. The molecule has 13 heteroatoms. The van der Waals surface area contributed by atoms with Crippen LogP contribution in [0.1, 0.15) is 43.6 Å². The zero-order valence-electron chi connectivity index (χ0n) is 18.4. The molecule has 8 nitrogen and oxygen atoms in total. The quantitative estimate of drug-likeness (QED) is 0.558. The molecule has 0 bridgehead atoms. The number of halogens is 4. The Hall–Kier alpha value is -2.70. The number of benzene rings is 1. The Kier molecular flexibility index (Phi) is 6.83. The van der Waals surface area contributed by atoms with Crippen molar-refractivity contribution in [2.75, 3.05) is 30.8 Å². The molecule has 2 saturated heterocycles. The maximum atomic E-state index is 14.5. The molecular formula is C21H24F4N4O4S. The number of sulfone groups is 1. The number of anilines is 1. The Morgan fingerprint density at radius 1 is 1.12 bits per heavy atom. The molecule has 4 rings (SSSR count). The van der Waals surface area contributed by atoms with Gasteiger partial charge in [-0.2, -0.15) is 13.8 Å². The highest BCUT2D eigenvalue weighted by Gasteiger charge is 2.36. The lowest BCUT2D eigenvalue weighted by Gasteiger charge is -2.42. The summed E-state index contributed by atoms with van der Waals surface area (Å²) >= 11 is 0. The number of amides is 1. The Morgan fingerprint density at radius 2 is 1.76 bits per heavy atom. The Bertz CT molecular complexity index is 1140. The first-order valence-electron chi connectivity index (χ1n) is 10.9. The first-order valence-corrected chi connectivity index (χ1v) is 12.8. The Balaban J connectivity index is 1.41. The topological polar surface area (TPSA) is 96.6 Å². The molecule has 2 fully saturated rings. The largest absolute Gasteiger partial charge is 0.339 e. The van der Waals surface area contributed by atoms with Crippen LogP contribution >= 0.6 is 0 Å². The number of piperidine rings is 2. The summed E-state index contributed by atoms with van der Waals surface area (Å²) in [4.78, 5) is 19.8. The van der Waals surface area contributed by atoms with Gasteiger partial charge in [-0.25, -0.2) is 17.2 Å². The van der Waals surface area contributed by atoms with Crippen molar-refractivity contribution >= 4 is 21.7 Å². The van der Waals surface area contributed by atoms with Gasteiger partial charge in [0.2, 0.25) is 5.91 Å². The number of hydrogen-bond acceptors (Lipinski definition) is 7. The molecule has 0 unspecified atom stereocenters. The van der Waals surface area contributed by atoms with E-state index >= 15 is 0 Å². The lowest BCUT2D eigenvalue weighted by molar-refractivity contribution is -0.141. The monoisotopic (exact) mass is 504 g/mol. The van der Waals surface area contributed by atoms with E-state index in [1.807, 2.05) is 0 Å². The number of carbonyl (C=O) groups excluding carboxylic acids is 1. The Morgan fingerprint density at radius 3 is 2.32 bits per heavy atom. The summed E-state index contributed by atoms with van der Waals surface area (Å²) in [6.45, 7) is 1.41. The number of likely N-dealkylation sites (tertiary alicyclic amines) is 1. The third kappa shape index (κ3) is 5.03. The first-order chi connectivity index (χ1) is 16.0. The lowest BCUT2D eigenvalue weighted by atomic mass is 9.88. The van der Waals surface area contributed by atoms with Gasteiger partial charge in [0.1, 0.15) is 11.6 Å². The van der Waals surface area contributed by atoms with E-state index in [1.165, 1.54) is 0 Å². The average Bonchev–Trinajstić information content (AvgIpc) is 3.27. The van der Waals surface area contributed by atoms with Gasteiger partial charge in [-0.3, -0.25) is 4.79 Å². The molecule has 3 heterocycles. The molecule has 34 heavy (non-hydrogen) atoms. The van der Waals surface area contributed by atoms with Crippen LogP contribution in [0.4, 0.5) is 23.5 Å². The van der Waals surface area contributed by atoms with Crippen LogP contribution in [0.2, 0.25) is 0 Å². The zero-order valence-corrected chi connectivity index (χ0v) is 19.2. The van der Waals surface area contributed by atoms with E-state index in [2.05, 4.69) is 14.7 Å². The highest BCUT2D eigenvalue weighted by molar-refractivity contribution is 7.90. The van der Waals surface area contributed by atoms with Gasteiger partial charge in [-0.05, 0) is 49.4 Å². The van der Waals surface area contributed by atoms with Gasteiger partial charge in [0.05, 0.1) is 4.90 Å². The van der Waals surface area contributed by atoms with Crippen molar-refractivity contribution in [1.82, 2.24) is 15.0 Å². The van der Waals surface area contributed by atoms with E-state index < -0.39 is 44.6 Å². The molecule has 1 amide bonds. The van der Waals surface area contributed by atoms with Crippen molar-refractivity contribution in [3.63, 3.8) is 0 Å². The molecule has 0 saturated carbocycles. The SMILES string of the molecule is CS(=O)(=O)c1cc(F)c(C[C@H]2CCCN(C3CCN(c4noc(C(F)F)n4)CC3)C2=O)c(F)c1. The van der Waals surface area contributed by atoms with Crippen LogP contribution in [0.15, 0.2) is 21.6 Å². The minimum Gasteiger partial charge on any atom is -0.339 e. The molecule has 2 aromatic rings. The second-order valence-corrected chi connectivity index (χ2v) is 10.7. The van der Waals surface area contributed by atoms with Gasteiger partial charge in [0.25, 0.3) is 11.8 Å². The molecule has 0 radical (unpaired) electrons. The average molecular weight is 505 g/mol. The molecule has 1 aromatic carbocycles. The van der Waals surface area contributed by atoms with Crippen molar-refractivity contribution < 1.29 is 35.3 Å². The fourth-order valence-electron chi connectivity index (χ4n) is 4.58. The van der Waals surface area contributed by atoms with Crippen molar-refractivity contribution in [3.8, 4) is 0 Å². The van der Waals surface area contributed by atoms with Gasteiger partial charge in [0.15, 0.2) is 9.84 Å². The van der Waals surface area contributed by atoms with Crippen molar-refractivity contribution in [1.29, 1.82) is 0 Å². The van der Waals surface area contributed by atoms with Crippen molar-refractivity contribution in [3.05, 3.63) is 35.2 Å². The van der Waals surface area contributed by atoms with Crippen LogP contribution in [0.3, 0.4) is 0 Å². The normalized spacial score (nSPS) is 20.4. The standard InChI is InChI=1S/C21H24F4N4O4S/c1-34(31,32)14-10-16(22)15(17(23)11-14)9-12-3-2-6-29(20(12)30)13-4-7-28(8-5-13)21-26-19(18(24)25)33-27-21/h10-13,18H,2-9H2,1H3/t12-/m1/s1. The zero-order chi connectivity index (χ0) is 24.6. The second-order valence-electron chi connectivity index (χ2n) is 8.66. The summed E-state index contributed by atoms with van der Waals surface area (Å²) < 4.78 is 82.2. The first kappa shape index (κ1) is 24.4. The highest BCUT2D eigenvalue weighted by atomic mass is 32.2. The van der Waals surface area contributed by atoms with E-state index in [0.29, 0.717) is 45.3 Å². The van der Waals surface area contributed by atoms with Crippen LogP contribution in [0.25, 0.3) is 0 Å². The van der Waals surface area contributed by atoms with Gasteiger partial charge in [-0.1, -0.05) is 0 Å². The number of aromatic nitrogens is 2. The van der Waals surface area contributed by atoms with Crippen molar-refractivity contribution in [2.45, 2.75) is 49.5 Å². The Labute approximate surface area is 193 Å². The summed E-state index contributed by atoms with van der Waals surface area (Å²) in [7, 11) is -3.77. The van der Waals surface area contributed by atoms with Crippen LogP contribution in [0, 0.1) is 17.6 Å². The van der Waals surface area contributed by atoms with Crippen molar-refractivity contribution in [2.24, 2.45) is 5.92 Å². The number of rotatable bonds is 6. The summed E-state index contributed by atoms with van der Waals surface area (Å²) in [5.74, 6) is -3.44. The maximum absolute atomic E-state index is 14.5. The third-order valence-electron chi connectivity index (χ3n) is 6.38. The number of hydrogen-bond donors (Lipinski definition) is 0. The molecule has 2 aliphatic heterocycles. The molecule has 0 aliphatic carbocycles. The highest BCUT2D eigenvalue weighted by Crippen LogP contribution is 2.30. The second kappa shape index (κ2) is 9.51. The summed E-state index contributed by atoms with van der Waals surface area (Å²) in [5, 5.41) is 3.58. The molecule has 186 valence electrons. The number of nitrogens with zero attached hydrogens (tertiary/aromatic N) is 4. The minimum atomic E-state index is -3.77. The summed E-state index contributed by atoms with van der Waals surface area (Å²) in [6, 6.07) is 1.47. The minimum absolute atomic E-state index is 0.0834. The molecule has 1 atom stereocenters. The predicted molar refractivity (Wildman–Crippen MR) is 112 cm³/mol. The van der Waals surface area contributed by atoms with Gasteiger partial charge >= 0.3 is 6.43 Å². The predicted octanol–water partition coefficient (Wildman–Crippen LogP) is 3.14. The van der Waals surface area contributed by atoms with E-state index in [0.717, 1.165) is 18.4 Å². The van der Waals surface area contributed by atoms with E-state index in [9.17, 15) is 30.8 Å². The van der Waals surface area contributed by atoms with Gasteiger partial charge in [0, 0.05) is 43.4 Å². The van der Waals surface area contributed by atoms with E-state index in [-0.39, 0.29) is 29.9 Å². The van der Waals surface area contributed by atoms with E-state index in [4.69, 9.17) is 0 Å². The van der Waals surface area contributed by atoms with Gasteiger partial charge < -0.3 is 14.3 Å². The maximum Gasteiger partial charge on any atom is 0.316 e. The van der Waals surface area contributed by atoms with Crippen LogP contribution in [0.5, 0.6) is 0 Å². The molecular weight excluding hydrogens is 480 g/mol. The molecule has 0 N–H and O–H groups in total. The van der Waals surface area contributed by atoms with Crippen LogP contribution in [-0.2, 0) is 21.1 Å². The summed E-state index contributed by atoms with van der Waals surface area (Å²) in [6.07, 6.45) is 0.120. The van der Waals surface area contributed by atoms with E-state index in [1.54, 1.807) is 9.80 Å². The van der Waals surface area contributed by atoms with Gasteiger partial charge in [-0.15, -0.1) is 0 Å². The number of carbonyl (C=O) groups is 1.